The van der Waals surface area contributed by atoms with Gasteiger partial charge in [-0.05, 0) is 37.5 Å². The molecule has 2 aliphatic heterocycles. The number of hydrogen-bond acceptors (Lipinski definition) is 8. The predicted octanol–water partition coefficient (Wildman–Crippen LogP) is 2.53. The molecule has 0 radical (unpaired) electrons. The van der Waals surface area contributed by atoms with Gasteiger partial charge in [0.15, 0.2) is 0 Å². The van der Waals surface area contributed by atoms with E-state index in [2.05, 4.69) is 15.3 Å². The number of nitrogens with zero attached hydrogens (tertiary/aromatic N) is 3. The summed E-state index contributed by atoms with van der Waals surface area (Å²) in [5.41, 5.74) is 4.24. The lowest BCUT2D eigenvalue weighted by Gasteiger charge is -2.44. The molecule has 0 bridgehead atoms. The number of aromatic nitrogens is 1. The van der Waals surface area contributed by atoms with E-state index in [1.165, 1.54) is 13.1 Å². The number of anilines is 1. The van der Waals surface area contributed by atoms with E-state index >= 15 is 0 Å². The number of pyridine rings is 1. The van der Waals surface area contributed by atoms with E-state index in [9.17, 15) is 13.2 Å². The minimum absolute atomic E-state index is 0.141. The Balaban J connectivity index is 1.73. The normalized spacial score (nSPS) is 24.9. The first-order chi connectivity index (χ1) is 14.7. The van der Waals surface area contributed by atoms with Crippen molar-refractivity contribution in [1.82, 2.24) is 9.29 Å². The van der Waals surface area contributed by atoms with Gasteiger partial charge in [-0.15, -0.1) is 11.3 Å². The molecule has 1 amide bonds. The number of aryl methyl sites for hydroxylation is 1. The zero-order valence-corrected chi connectivity index (χ0v) is 19.4. The molecule has 0 aromatic carbocycles. The van der Waals surface area contributed by atoms with Crippen LogP contribution in [0, 0.1) is 0 Å². The van der Waals surface area contributed by atoms with Crippen LogP contribution in [0.2, 0.25) is 5.02 Å². The molecule has 12 heteroatoms. The van der Waals surface area contributed by atoms with E-state index in [0.717, 1.165) is 27.8 Å². The van der Waals surface area contributed by atoms with Gasteiger partial charge in [0.2, 0.25) is 11.4 Å². The van der Waals surface area contributed by atoms with Crippen molar-refractivity contribution in [3.8, 4) is 0 Å². The van der Waals surface area contributed by atoms with Crippen LogP contribution >= 0.6 is 22.9 Å². The van der Waals surface area contributed by atoms with Crippen molar-refractivity contribution in [2.24, 2.45) is 10.7 Å². The zero-order chi connectivity index (χ0) is 22.4. The fraction of sp³-hybridized carbons (Fsp3) is 0.421. The molecule has 0 aliphatic carbocycles. The Morgan fingerprint density at radius 1 is 1.48 bits per heavy atom. The molecule has 2 unspecified atom stereocenters. The lowest BCUT2D eigenvalue weighted by molar-refractivity contribution is 0.00334. The van der Waals surface area contributed by atoms with Crippen molar-refractivity contribution in [3.05, 3.63) is 44.7 Å². The van der Waals surface area contributed by atoms with E-state index in [-0.39, 0.29) is 17.6 Å². The number of aliphatic imine (C=N–C) groups is 1. The lowest BCUT2D eigenvalue weighted by atomic mass is 9.91. The number of amides is 1. The maximum Gasteiger partial charge on any atom is 0.267 e. The SMILES string of the molecule is CCc1cccc(NC(=O)c2cc(Cl)c(C34CCCOC3S(=O)(=O)N(C)C(N)=N4)s2)n1. The van der Waals surface area contributed by atoms with E-state index < -0.39 is 26.9 Å². The number of nitrogens with one attached hydrogen (secondary N) is 1. The number of nitrogens with two attached hydrogens (primary N) is 1. The second-order valence-electron chi connectivity index (χ2n) is 7.32. The molecule has 1 fully saturated rings. The third-order valence-corrected chi connectivity index (χ3v) is 9.09. The average molecular weight is 484 g/mol. The first-order valence-corrected chi connectivity index (χ1v) is 12.4. The molecule has 31 heavy (non-hydrogen) atoms. The second-order valence-corrected chi connectivity index (χ2v) is 10.8. The van der Waals surface area contributed by atoms with Crippen molar-refractivity contribution in [2.45, 2.75) is 37.2 Å². The molecule has 1 saturated heterocycles. The Bertz CT molecular complexity index is 1170. The van der Waals surface area contributed by atoms with Gasteiger partial charge in [-0.1, -0.05) is 24.6 Å². The van der Waals surface area contributed by atoms with Gasteiger partial charge in [0, 0.05) is 19.3 Å². The Morgan fingerprint density at radius 3 is 3.00 bits per heavy atom. The van der Waals surface area contributed by atoms with E-state index in [0.29, 0.717) is 28.4 Å². The smallest absolute Gasteiger partial charge is 0.267 e. The maximum absolute atomic E-state index is 13.0. The van der Waals surface area contributed by atoms with Crippen molar-refractivity contribution < 1.29 is 17.9 Å². The van der Waals surface area contributed by atoms with Crippen molar-refractivity contribution >= 4 is 50.6 Å². The van der Waals surface area contributed by atoms with Crippen LogP contribution in [0.3, 0.4) is 0 Å². The Morgan fingerprint density at radius 2 is 2.26 bits per heavy atom. The van der Waals surface area contributed by atoms with Crippen LogP contribution in [0.4, 0.5) is 5.82 Å². The Kier molecular flexibility index (Phi) is 5.71. The highest BCUT2D eigenvalue weighted by atomic mass is 35.5. The molecule has 3 N–H and O–H groups in total. The largest absolute Gasteiger partial charge is 0.369 e. The number of carbonyl (C=O) groups is 1. The van der Waals surface area contributed by atoms with Crippen molar-refractivity contribution in [1.29, 1.82) is 0 Å². The molecule has 9 nitrogen and oxygen atoms in total. The third kappa shape index (κ3) is 3.69. The number of sulfonamides is 1. The van der Waals surface area contributed by atoms with Gasteiger partial charge < -0.3 is 15.8 Å². The van der Waals surface area contributed by atoms with Gasteiger partial charge in [-0.25, -0.2) is 22.7 Å². The number of thiophene rings is 1. The highest BCUT2D eigenvalue weighted by Gasteiger charge is 2.57. The van der Waals surface area contributed by atoms with E-state index in [1.807, 2.05) is 19.1 Å². The van der Waals surface area contributed by atoms with Gasteiger partial charge in [0.05, 0.1) is 14.8 Å². The first kappa shape index (κ1) is 22.0. The summed E-state index contributed by atoms with van der Waals surface area (Å²) in [5.74, 6) is -0.106. The van der Waals surface area contributed by atoms with Gasteiger partial charge in [-0.3, -0.25) is 4.79 Å². The first-order valence-electron chi connectivity index (χ1n) is 9.71. The summed E-state index contributed by atoms with van der Waals surface area (Å²) in [6.07, 6.45) is 1.70. The topological polar surface area (TPSA) is 127 Å². The minimum Gasteiger partial charge on any atom is -0.369 e. The lowest BCUT2D eigenvalue weighted by Crippen LogP contribution is -2.59. The van der Waals surface area contributed by atoms with Crippen LogP contribution in [-0.2, 0) is 26.7 Å². The van der Waals surface area contributed by atoms with Gasteiger partial charge in [0.1, 0.15) is 11.4 Å². The quantitative estimate of drug-likeness (QED) is 0.687. The molecule has 2 atom stereocenters. The number of fused-ring (bicyclic) bond motifs is 1. The number of halogens is 1. The summed E-state index contributed by atoms with van der Waals surface area (Å²) in [7, 11) is -2.57. The van der Waals surface area contributed by atoms with Crippen LogP contribution in [0.15, 0.2) is 29.3 Å². The fourth-order valence-electron chi connectivity index (χ4n) is 3.75. The van der Waals surface area contributed by atoms with Crippen LogP contribution in [-0.4, -0.2) is 48.7 Å². The molecule has 4 heterocycles. The number of hydrogen-bond donors (Lipinski definition) is 2. The number of guanidine groups is 1. The van der Waals surface area contributed by atoms with E-state index in [1.54, 1.807) is 6.07 Å². The minimum atomic E-state index is -3.91. The molecule has 2 aliphatic rings. The molecule has 2 aromatic heterocycles. The van der Waals surface area contributed by atoms with Crippen LogP contribution in [0.5, 0.6) is 0 Å². The summed E-state index contributed by atoms with van der Waals surface area (Å²) < 4.78 is 32.6. The summed E-state index contributed by atoms with van der Waals surface area (Å²) in [6, 6.07) is 6.90. The predicted molar refractivity (Wildman–Crippen MR) is 120 cm³/mol. The van der Waals surface area contributed by atoms with Crippen LogP contribution < -0.4 is 11.1 Å². The molecule has 0 spiro atoms. The van der Waals surface area contributed by atoms with Gasteiger partial charge >= 0.3 is 0 Å². The highest BCUT2D eigenvalue weighted by molar-refractivity contribution is 7.90. The van der Waals surface area contributed by atoms with E-state index in [4.69, 9.17) is 22.1 Å². The molecule has 166 valence electrons. The van der Waals surface area contributed by atoms with Crippen LogP contribution in [0.1, 0.15) is 40.0 Å². The number of ether oxygens (including phenoxy) is 1. The summed E-state index contributed by atoms with van der Waals surface area (Å²) >= 11 is 7.59. The molecule has 0 saturated carbocycles. The van der Waals surface area contributed by atoms with Crippen LogP contribution in [0.25, 0.3) is 0 Å². The van der Waals surface area contributed by atoms with Gasteiger partial charge in [0.25, 0.3) is 15.9 Å². The Labute approximate surface area is 189 Å². The third-order valence-electron chi connectivity index (χ3n) is 5.36. The monoisotopic (exact) mass is 483 g/mol. The highest BCUT2D eigenvalue weighted by Crippen LogP contribution is 2.49. The average Bonchev–Trinajstić information content (AvgIpc) is 3.15. The molecule has 4 rings (SSSR count). The fourth-order valence-corrected chi connectivity index (χ4v) is 7.04. The molecular formula is C19H22ClN5O4S2. The second kappa shape index (κ2) is 8.05. The Hall–Kier alpha value is -2.21. The molecule has 2 aromatic rings. The van der Waals surface area contributed by atoms with Crippen molar-refractivity contribution in [2.75, 3.05) is 19.0 Å². The van der Waals surface area contributed by atoms with Crippen molar-refractivity contribution in [3.63, 3.8) is 0 Å². The summed E-state index contributed by atoms with van der Waals surface area (Å²) in [6.45, 7) is 2.26. The summed E-state index contributed by atoms with van der Waals surface area (Å²) in [4.78, 5) is 22.5. The standard InChI is InChI=1S/C19H22ClN5O4S2/c1-3-11-6-4-7-14(22-11)23-16(26)13-10-12(20)15(30-13)19-8-5-9-29-17(19)31(27,28)25(2)18(21)24-19/h4,6-7,10,17H,3,5,8-9H2,1-2H3,(H2,21,24)(H,22,23,26). The zero-order valence-electron chi connectivity index (χ0n) is 17.0. The summed E-state index contributed by atoms with van der Waals surface area (Å²) in [5, 5.41) is 3.01. The molecular weight excluding hydrogens is 462 g/mol. The number of carbonyl (C=O) groups excluding carboxylic acids is 1. The maximum atomic E-state index is 13.0. The van der Waals surface area contributed by atoms with Gasteiger partial charge in [-0.2, -0.15) is 0 Å². The number of rotatable bonds is 4.